The molecule has 1 aliphatic rings. The van der Waals surface area contributed by atoms with E-state index in [9.17, 15) is 24.6 Å². The lowest BCUT2D eigenvalue weighted by molar-refractivity contribution is -0.117. The lowest BCUT2D eigenvalue weighted by atomic mass is 9.81. The third kappa shape index (κ3) is 2.61. The quantitative estimate of drug-likeness (QED) is 0.822. The lowest BCUT2D eigenvalue weighted by Crippen LogP contribution is -2.46. The van der Waals surface area contributed by atoms with Gasteiger partial charge >= 0.3 is 0 Å². The minimum atomic E-state index is -0.554. The zero-order chi connectivity index (χ0) is 15.7. The highest BCUT2D eigenvalue weighted by molar-refractivity contribution is 6.10. The Hall–Kier alpha value is -2.37. The van der Waals surface area contributed by atoms with Crippen molar-refractivity contribution in [1.82, 2.24) is 0 Å². The molecule has 1 amide bonds. The highest BCUT2D eigenvalue weighted by Gasteiger charge is 2.39. The first-order valence-corrected chi connectivity index (χ1v) is 6.70. The Morgan fingerprint density at radius 3 is 2.62 bits per heavy atom. The summed E-state index contributed by atoms with van der Waals surface area (Å²) >= 11 is 0. The molecule has 1 unspecified atom stereocenters. The molecule has 0 radical (unpaired) electrons. The molecule has 2 atom stereocenters. The Bertz CT molecular complexity index is 610. The SMILES string of the molecule is CC(=O)CCC1C(=O)c2c(O)cc(O)cc2N(C=O)[C@@H]1C. The van der Waals surface area contributed by atoms with Crippen LogP contribution in [0.3, 0.4) is 0 Å². The van der Waals surface area contributed by atoms with Gasteiger partial charge in [-0.2, -0.15) is 0 Å². The average molecular weight is 291 g/mol. The van der Waals surface area contributed by atoms with E-state index in [4.69, 9.17) is 0 Å². The molecule has 0 aliphatic carbocycles. The first kappa shape index (κ1) is 15.0. The summed E-state index contributed by atoms with van der Waals surface area (Å²) in [5, 5.41) is 19.5. The molecule has 0 saturated heterocycles. The fourth-order valence-corrected chi connectivity index (χ4v) is 2.76. The summed E-state index contributed by atoms with van der Waals surface area (Å²) in [6.45, 7) is 3.15. The van der Waals surface area contributed by atoms with Gasteiger partial charge in [0.2, 0.25) is 6.41 Å². The minimum Gasteiger partial charge on any atom is -0.508 e. The van der Waals surface area contributed by atoms with Crippen LogP contribution in [0.5, 0.6) is 11.5 Å². The fraction of sp³-hybridized carbons (Fsp3) is 0.400. The van der Waals surface area contributed by atoms with Crippen LogP contribution >= 0.6 is 0 Å². The summed E-state index contributed by atoms with van der Waals surface area (Å²) in [5.41, 5.74) is 0.214. The molecule has 0 aromatic heterocycles. The Kier molecular flexibility index (Phi) is 3.97. The third-order valence-electron chi connectivity index (χ3n) is 3.88. The zero-order valence-electron chi connectivity index (χ0n) is 11.9. The summed E-state index contributed by atoms with van der Waals surface area (Å²) in [5.74, 6) is -1.48. The number of ketones is 2. The van der Waals surface area contributed by atoms with Crippen molar-refractivity contribution in [1.29, 1.82) is 0 Å². The molecule has 1 aliphatic heterocycles. The molecule has 6 heteroatoms. The van der Waals surface area contributed by atoms with Crippen molar-refractivity contribution in [2.75, 3.05) is 4.90 Å². The van der Waals surface area contributed by atoms with Crippen LogP contribution in [0.2, 0.25) is 0 Å². The molecule has 112 valence electrons. The summed E-state index contributed by atoms with van der Waals surface area (Å²) < 4.78 is 0. The summed E-state index contributed by atoms with van der Waals surface area (Å²) in [4.78, 5) is 36.3. The fourth-order valence-electron chi connectivity index (χ4n) is 2.76. The largest absolute Gasteiger partial charge is 0.508 e. The monoisotopic (exact) mass is 291 g/mol. The topological polar surface area (TPSA) is 94.9 Å². The Labute approximate surface area is 122 Å². The van der Waals surface area contributed by atoms with Gasteiger partial charge in [-0.25, -0.2) is 0 Å². The summed E-state index contributed by atoms with van der Waals surface area (Å²) in [6.07, 6.45) is 1.12. The van der Waals surface area contributed by atoms with Crippen molar-refractivity contribution in [2.45, 2.75) is 32.7 Å². The molecule has 2 rings (SSSR count). The number of hydrogen-bond acceptors (Lipinski definition) is 5. The second kappa shape index (κ2) is 5.55. The van der Waals surface area contributed by atoms with E-state index in [1.54, 1.807) is 6.92 Å². The van der Waals surface area contributed by atoms with Crippen LogP contribution in [0.4, 0.5) is 5.69 Å². The van der Waals surface area contributed by atoms with Crippen LogP contribution in [0.15, 0.2) is 12.1 Å². The smallest absolute Gasteiger partial charge is 0.214 e. The maximum atomic E-state index is 12.5. The van der Waals surface area contributed by atoms with Crippen molar-refractivity contribution in [3.05, 3.63) is 17.7 Å². The number of benzene rings is 1. The Morgan fingerprint density at radius 1 is 1.38 bits per heavy atom. The molecule has 1 aromatic carbocycles. The molecule has 0 fully saturated rings. The van der Waals surface area contributed by atoms with Gasteiger partial charge < -0.3 is 19.9 Å². The van der Waals surface area contributed by atoms with E-state index in [1.807, 2.05) is 0 Å². The molecule has 0 saturated carbocycles. The highest BCUT2D eigenvalue weighted by Crippen LogP contribution is 2.41. The van der Waals surface area contributed by atoms with Crippen molar-refractivity contribution >= 4 is 23.7 Å². The predicted molar refractivity (Wildman–Crippen MR) is 75.5 cm³/mol. The van der Waals surface area contributed by atoms with Crippen LogP contribution < -0.4 is 4.90 Å². The van der Waals surface area contributed by atoms with Crippen molar-refractivity contribution in [3.8, 4) is 11.5 Å². The molecule has 0 bridgehead atoms. The average Bonchev–Trinajstić information content (AvgIpc) is 2.37. The number of phenolic OH excluding ortho intramolecular Hbond substituents is 2. The standard InChI is InChI=1S/C15H17NO5/c1-8(18)3-4-11-9(2)16(7-17)12-5-10(19)6-13(20)14(12)15(11)21/h5-7,9,11,19-20H,3-4H2,1-2H3/t9-,11?/m1/s1. The molecule has 0 spiro atoms. The van der Waals surface area contributed by atoms with Crippen LogP contribution in [0, 0.1) is 5.92 Å². The van der Waals surface area contributed by atoms with E-state index < -0.39 is 12.0 Å². The van der Waals surface area contributed by atoms with E-state index in [-0.39, 0.29) is 40.7 Å². The number of amides is 1. The molecule has 1 aromatic rings. The maximum absolute atomic E-state index is 12.5. The Balaban J connectivity index is 2.50. The molecular formula is C15H17NO5. The number of aromatic hydroxyl groups is 2. The lowest BCUT2D eigenvalue weighted by Gasteiger charge is -2.37. The Morgan fingerprint density at radius 2 is 2.05 bits per heavy atom. The van der Waals surface area contributed by atoms with Gasteiger partial charge in [0.05, 0.1) is 11.3 Å². The van der Waals surface area contributed by atoms with Crippen molar-refractivity contribution in [2.24, 2.45) is 5.92 Å². The second-order valence-electron chi connectivity index (χ2n) is 5.32. The van der Waals surface area contributed by atoms with E-state index in [1.165, 1.54) is 17.9 Å². The van der Waals surface area contributed by atoms with Crippen LogP contribution in [-0.4, -0.2) is 34.2 Å². The van der Waals surface area contributed by atoms with E-state index in [0.29, 0.717) is 12.8 Å². The predicted octanol–water partition coefficient (Wildman–Crippen LogP) is 1.63. The molecule has 2 N–H and O–H groups in total. The number of phenols is 2. The number of Topliss-reactive ketones (excluding diaryl/α,β-unsaturated/α-hetero) is 2. The van der Waals surface area contributed by atoms with Gasteiger partial charge in [0.25, 0.3) is 0 Å². The first-order valence-electron chi connectivity index (χ1n) is 6.70. The third-order valence-corrected chi connectivity index (χ3v) is 3.88. The van der Waals surface area contributed by atoms with Gasteiger partial charge in [-0.15, -0.1) is 0 Å². The number of nitrogens with zero attached hydrogens (tertiary/aromatic N) is 1. The van der Waals surface area contributed by atoms with Crippen molar-refractivity contribution in [3.63, 3.8) is 0 Å². The second-order valence-corrected chi connectivity index (χ2v) is 5.32. The van der Waals surface area contributed by atoms with E-state index in [2.05, 4.69) is 0 Å². The number of anilines is 1. The summed E-state index contributed by atoms with van der Waals surface area (Å²) in [7, 11) is 0. The van der Waals surface area contributed by atoms with E-state index in [0.717, 1.165) is 6.07 Å². The van der Waals surface area contributed by atoms with Crippen molar-refractivity contribution < 1.29 is 24.6 Å². The van der Waals surface area contributed by atoms with Gasteiger partial charge in [-0.3, -0.25) is 9.59 Å². The number of fused-ring (bicyclic) bond motifs is 1. The number of carbonyl (C=O) groups excluding carboxylic acids is 3. The van der Waals surface area contributed by atoms with Gasteiger partial charge in [-0.1, -0.05) is 0 Å². The molecular weight excluding hydrogens is 274 g/mol. The molecule has 21 heavy (non-hydrogen) atoms. The van der Waals surface area contributed by atoms with Crippen LogP contribution in [-0.2, 0) is 9.59 Å². The van der Waals surface area contributed by atoms with E-state index >= 15 is 0 Å². The number of rotatable bonds is 4. The number of carbonyl (C=O) groups is 3. The first-order chi connectivity index (χ1) is 9.86. The van der Waals surface area contributed by atoms with Gasteiger partial charge in [0.1, 0.15) is 17.3 Å². The van der Waals surface area contributed by atoms with Crippen LogP contribution in [0.25, 0.3) is 0 Å². The highest BCUT2D eigenvalue weighted by atomic mass is 16.3. The molecule has 6 nitrogen and oxygen atoms in total. The minimum absolute atomic E-state index is 0.0200. The maximum Gasteiger partial charge on any atom is 0.214 e. The number of hydrogen-bond donors (Lipinski definition) is 2. The van der Waals surface area contributed by atoms with Gasteiger partial charge in [0, 0.05) is 30.5 Å². The summed E-state index contributed by atoms with van der Waals surface area (Å²) in [6, 6.07) is 1.90. The van der Waals surface area contributed by atoms with Crippen LogP contribution in [0.1, 0.15) is 37.0 Å². The van der Waals surface area contributed by atoms with Gasteiger partial charge in [-0.05, 0) is 20.3 Å². The normalized spacial score (nSPS) is 21.0. The molecule has 1 heterocycles. The van der Waals surface area contributed by atoms with Gasteiger partial charge in [0.15, 0.2) is 5.78 Å². The zero-order valence-corrected chi connectivity index (χ0v) is 11.9.